The third-order valence-corrected chi connectivity index (χ3v) is 8.24. The van der Waals surface area contributed by atoms with Gasteiger partial charge in [0.05, 0.1) is 22.6 Å². The highest BCUT2D eigenvalue weighted by Gasteiger charge is 2.42. The maximum absolute atomic E-state index is 12.2. The fourth-order valence-electron chi connectivity index (χ4n) is 4.29. The minimum atomic E-state index is -0.510. The largest absolute Gasteiger partial charge is 0.487 e. The van der Waals surface area contributed by atoms with Crippen molar-refractivity contribution < 1.29 is 23.7 Å². The maximum Gasteiger partial charge on any atom is 0.410 e. The second kappa shape index (κ2) is 16.3. The number of hydrogen-bond acceptors (Lipinski definition) is 5. The van der Waals surface area contributed by atoms with E-state index in [0.29, 0.717) is 51.3 Å². The Kier molecular flexibility index (Phi) is 12.8. The van der Waals surface area contributed by atoms with E-state index in [-0.39, 0.29) is 18.2 Å². The highest BCUT2D eigenvalue weighted by atomic mass is 79.9. The van der Waals surface area contributed by atoms with Gasteiger partial charge in [-0.25, -0.2) is 4.79 Å². The Balaban J connectivity index is 0.000000240. The molecule has 46 heavy (non-hydrogen) atoms. The molecular formula is C35H34BrCl4NO5. The van der Waals surface area contributed by atoms with E-state index >= 15 is 0 Å². The molecule has 0 bridgehead atoms. The number of benzene rings is 4. The van der Waals surface area contributed by atoms with Gasteiger partial charge in [-0.05, 0) is 99.5 Å². The van der Waals surface area contributed by atoms with Gasteiger partial charge in [-0.2, -0.15) is 0 Å². The molecule has 1 fully saturated rings. The number of likely N-dealkylation sites (tertiary alicyclic amines) is 1. The Morgan fingerprint density at radius 1 is 0.804 bits per heavy atom. The van der Waals surface area contributed by atoms with E-state index in [1.807, 2.05) is 76.2 Å². The Hall–Kier alpha value is -2.81. The maximum atomic E-state index is 12.2. The number of amides is 1. The van der Waals surface area contributed by atoms with Crippen molar-refractivity contribution in [3.63, 3.8) is 0 Å². The zero-order valence-corrected chi connectivity index (χ0v) is 30.3. The van der Waals surface area contributed by atoms with Gasteiger partial charge in [0.1, 0.15) is 42.2 Å². The predicted octanol–water partition coefficient (Wildman–Crippen LogP) is 11.3. The van der Waals surface area contributed by atoms with Crippen LogP contribution in [0.3, 0.4) is 0 Å². The van der Waals surface area contributed by atoms with E-state index in [0.717, 1.165) is 21.3 Å². The van der Waals surface area contributed by atoms with Crippen LogP contribution in [-0.2, 0) is 18.0 Å². The summed E-state index contributed by atoms with van der Waals surface area (Å²) in [5.41, 5.74) is 1.51. The number of hydrogen-bond donors (Lipinski definition) is 0. The molecule has 2 atom stereocenters. The lowest BCUT2D eigenvalue weighted by Crippen LogP contribution is -2.63. The van der Waals surface area contributed by atoms with Crippen molar-refractivity contribution in [3.8, 4) is 17.2 Å². The van der Waals surface area contributed by atoms with Crippen LogP contribution in [0.2, 0.25) is 20.1 Å². The number of rotatable bonds is 8. The van der Waals surface area contributed by atoms with Crippen LogP contribution in [0, 0.1) is 0 Å². The molecule has 0 radical (unpaired) electrons. The highest BCUT2D eigenvalue weighted by Crippen LogP contribution is 2.30. The first-order valence-corrected chi connectivity index (χ1v) is 16.7. The van der Waals surface area contributed by atoms with E-state index in [1.54, 1.807) is 41.3 Å². The van der Waals surface area contributed by atoms with E-state index in [9.17, 15) is 4.79 Å². The van der Waals surface area contributed by atoms with E-state index in [4.69, 9.17) is 65.4 Å². The summed E-state index contributed by atoms with van der Waals surface area (Å²) in [6, 6.07) is 25.9. The van der Waals surface area contributed by atoms with E-state index < -0.39 is 5.60 Å². The zero-order chi connectivity index (χ0) is 33.4. The highest BCUT2D eigenvalue weighted by molar-refractivity contribution is 9.10. The monoisotopic (exact) mass is 767 g/mol. The average Bonchev–Trinajstić information content (AvgIpc) is 2.97. The molecule has 0 unspecified atom stereocenters. The molecule has 1 heterocycles. The predicted molar refractivity (Wildman–Crippen MR) is 189 cm³/mol. The van der Waals surface area contributed by atoms with Crippen molar-refractivity contribution >= 4 is 68.4 Å². The van der Waals surface area contributed by atoms with Crippen LogP contribution in [0.15, 0.2) is 89.4 Å². The summed E-state index contributed by atoms with van der Waals surface area (Å²) in [5.74, 6) is 1.94. The van der Waals surface area contributed by atoms with Crippen molar-refractivity contribution in [2.24, 2.45) is 0 Å². The lowest BCUT2D eigenvalue weighted by Gasteiger charge is -2.45. The topological polar surface area (TPSA) is 57.2 Å². The van der Waals surface area contributed by atoms with Gasteiger partial charge in [0.15, 0.2) is 0 Å². The van der Waals surface area contributed by atoms with E-state index in [1.165, 1.54) is 0 Å². The first-order chi connectivity index (χ1) is 21.8. The third-order valence-electron chi connectivity index (χ3n) is 6.69. The lowest BCUT2D eigenvalue weighted by atomic mass is 10.0. The van der Waals surface area contributed by atoms with Crippen molar-refractivity contribution in [1.29, 1.82) is 0 Å². The number of carbonyl (C=O) groups is 1. The van der Waals surface area contributed by atoms with Crippen LogP contribution < -0.4 is 14.2 Å². The van der Waals surface area contributed by atoms with Crippen LogP contribution in [-0.4, -0.2) is 35.3 Å². The number of carbonyl (C=O) groups excluding carboxylic acids is 1. The molecular weight excluding hydrogens is 736 g/mol. The quantitative estimate of drug-likeness (QED) is 0.179. The standard InChI is InChI=1S/C22H25Cl2NO4.C13H9BrCl2O/c1-14-20(12-25(14)21(26)29-22(2,3)4)28-17-7-5-6-15(10-17)13-27-19-9-8-16(23)11-18(19)24;14-10-3-1-2-9(6-10)8-17-13-5-4-11(15)7-12(13)16/h5-11,14,20H,12-13H2,1-4H3;1-7H,8H2/t14-,20-;/m0./s1. The van der Waals surface area contributed by atoms with Crippen molar-refractivity contribution in [1.82, 2.24) is 4.90 Å². The molecule has 1 aliphatic rings. The van der Waals surface area contributed by atoms with Gasteiger partial charge >= 0.3 is 6.09 Å². The molecule has 244 valence electrons. The lowest BCUT2D eigenvalue weighted by molar-refractivity contribution is -0.0536. The van der Waals surface area contributed by atoms with Crippen LogP contribution in [0.1, 0.15) is 38.8 Å². The summed E-state index contributed by atoms with van der Waals surface area (Å²) >= 11 is 27.3. The summed E-state index contributed by atoms with van der Waals surface area (Å²) in [6.07, 6.45) is -0.392. The summed E-state index contributed by atoms with van der Waals surface area (Å²) in [5, 5.41) is 2.15. The SMILES string of the molecule is C[C@H]1[C@@H](Oc2cccc(COc3ccc(Cl)cc3Cl)c2)CN1C(=O)OC(C)(C)C.Clc1ccc(OCc2cccc(Br)c2)c(Cl)c1. The van der Waals surface area contributed by atoms with Gasteiger partial charge in [-0.1, -0.05) is 86.6 Å². The van der Waals surface area contributed by atoms with Gasteiger partial charge in [0.25, 0.3) is 0 Å². The molecule has 5 rings (SSSR count). The van der Waals surface area contributed by atoms with Gasteiger partial charge in [0, 0.05) is 14.5 Å². The average molecular weight is 770 g/mol. The summed E-state index contributed by atoms with van der Waals surface area (Å²) in [4.78, 5) is 13.9. The van der Waals surface area contributed by atoms with Crippen LogP contribution in [0.4, 0.5) is 4.79 Å². The normalized spacial score (nSPS) is 15.6. The smallest absolute Gasteiger partial charge is 0.410 e. The number of halogens is 5. The molecule has 1 saturated heterocycles. The molecule has 0 saturated carbocycles. The molecule has 0 aromatic heterocycles. The van der Waals surface area contributed by atoms with Crippen LogP contribution in [0.25, 0.3) is 0 Å². The van der Waals surface area contributed by atoms with Gasteiger partial charge in [0.2, 0.25) is 0 Å². The Bertz CT molecular complexity index is 1650. The number of nitrogens with zero attached hydrogens (tertiary/aromatic N) is 1. The third kappa shape index (κ3) is 10.9. The van der Waals surface area contributed by atoms with Crippen molar-refractivity contribution in [3.05, 3.63) is 121 Å². The van der Waals surface area contributed by atoms with Crippen molar-refractivity contribution in [2.75, 3.05) is 6.54 Å². The minimum Gasteiger partial charge on any atom is -0.487 e. The van der Waals surface area contributed by atoms with Gasteiger partial charge in [-0.15, -0.1) is 0 Å². The second-order valence-electron chi connectivity index (χ2n) is 11.5. The molecule has 11 heteroatoms. The Labute approximate surface area is 298 Å². The molecule has 0 N–H and O–H groups in total. The molecule has 1 aliphatic heterocycles. The Morgan fingerprint density at radius 3 is 1.85 bits per heavy atom. The zero-order valence-electron chi connectivity index (χ0n) is 25.7. The molecule has 6 nitrogen and oxygen atoms in total. The van der Waals surface area contributed by atoms with Crippen molar-refractivity contribution in [2.45, 2.75) is 58.7 Å². The first-order valence-electron chi connectivity index (χ1n) is 14.4. The van der Waals surface area contributed by atoms with Gasteiger partial charge < -0.3 is 18.9 Å². The fourth-order valence-corrected chi connectivity index (χ4v) is 5.66. The molecule has 4 aromatic carbocycles. The van der Waals surface area contributed by atoms with Crippen LogP contribution >= 0.6 is 62.3 Å². The fraction of sp³-hybridized carbons (Fsp3) is 0.286. The van der Waals surface area contributed by atoms with Crippen LogP contribution in [0.5, 0.6) is 17.2 Å². The second-order valence-corrected chi connectivity index (χ2v) is 14.1. The summed E-state index contributed by atoms with van der Waals surface area (Å²) in [6.45, 7) is 8.84. The molecule has 1 amide bonds. The summed E-state index contributed by atoms with van der Waals surface area (Å²) in [7, 11) is 0. The molecule has 4 aromatic rings. The molecule has 0 aliphatic carbocycles. The first kappa shape index (κ1) is 36.0. The molecule has 0 spiro atoms. The van der Waals surface area contributed by atoms with E-state index in [2.05, 4.69) is 15.9 Å². The Morgan fingerprint density at radius 2 is 1.35 bits per heavy atom. The van der Waals surface area contributed by atoms with Gasteiger partial charge in [-0.3, -0.25) is 4.90 Å². The minimum absolute atomic E-state index is 0.0577. The number of ether oxygens (including phenoxy) is 4. The summed E-state index contributed by atoms with van der Waals surface area (Å²) < 4.78 is 23.9.